The van der Waals surface area contributed by atoms with Crippen molar-refractivity contribution < 1.29 is 13.6 Å². The van der Waals surface area contributed by atoms with Crippen molar-refractivity contribution in [1.82, 2.24) is 14.8 Å². The Hall–Kier alpha value is -2.54. The number of likely N-dealkylation sites (N-methyl/N-ethyl adjacent to an activating group) is 1. The van der Waals surface area contributed by atoms with E-state index >= 15 is 0 Å². The van der Waals surface area contributed by atoms with Crippen LogP contribution >= 0.6 is 0 Å². The fourth-order valence-corrected chi connectivity index (χ4v) is 2.54. The van der Waals surface area contributed by atoms with Crippen molar-refractivity contribution in [3.8, 4) is 0 Å². The zero-order valence-electron chi connectivity index (χ0n) is 13.3. The minimum Gasteiger partial charge on any atom is -0.353 e. The Labute approximate surface area is 138 Å². The lowest BCUT2D eigenvalue weighted by Gasteiger charge is -2.32. The molecule has 0 saturated carbocycles. The lowest BCUT2D eigenvalue weighted by Crippen LogP contribution is -2.47. The lowest BCUT2D eigenvalue weighted by molar-refractivity contribution is 0.0658. The highest BCUT2D eigenvalue weighted by Gasteiger charge is 2.21. The van der Waals surface area contributed by atoms with Crippen LogP contribution < -0.4 is 5.32 Å². The topological polar surface area (TPSA) is 48.5 Å². The van der Waals surface area contributed by atoms with Gasteiger partial charge in [0.1, 0.15) is 17.3 Å². The molecule has 1 amide bonds. The molecule has 0 atom stereocenters. The summed E-state index contributed by atoms with van der Waals surface area (Å²) in [5.74, 6) is -1.48. The van der Waals surface area contributed by atoms with Crippen LogP contribution in [0, 0.1) is 11.6 Å². The van der Waals surface area contributed by atoms with Crippen LogP contribution in [0.1, 0.15) is 10.5 Å². The van der Waals surface area contributed by atoms with E-state index in [0.29, 0.717) is 24.5 Å². The van der Waals surface area contributed by atoms with Gasteiger partial charge in [0.2, 0.25) is 0 Å². The van der Waals surface area contributed by atoms with E-state index in [0.717, 1.165) is 19.2 Å². The minimum atomic E-state index is -0.696. The maximum atomic E-state index is 13.7. The van der Waals surface area contributed by atoms with Crippen LogP contribution in [0.15, 0.2) is 36.5 Å². The molecular formula is C17H18F2N4O. The number of anilines is 2. The Balaban J connectivity index is 1.75. The third kappa shape index (κ3) is 3.68. The first-order valence-electron chi connectivity index (χ1n) is 7.69. The monoisotopic (exact) mass is 332 g/mol. The average molecular weight is 332 g/mol. The summed E-state index contributed by atoms with van der Waals surface area (Å²) in [6.45, 7) is 2.96. The first-order chi connectivity index (χ1) is 11.5. The summed E-state index contributed by atoms with van der Waals surface area (Å²) in [4.78, 5) is 20.5. The van der Waals surface area contributed by atoms with Crippen molar-refractivity contribution in [3.63, 3.8) is 0 Å². The number of benzene rings is 1. The Kier molecular flexibility index (Phi) is 4.71. The van der Waals surface area contributed by atoms with E-state index in [1.165, 1.54) is 18.3 Å². The highest BCUT2D eigenvalue weighted by molar-refractivity contribution is 5.93. The first-order valence-corrected chi connectivity index (χ1v) is 7.69. The molecule has 7 heteroatoms. The van der Waals surface area contributed by atoms with Gasteiger partial charge in [-0.25, -0.2) is 8.78 Å². The normalized spacial score (nSPS) is 15.4. The summed E-state index contributed by atoms with van der Waals surface area (Å²) in [7, 11) is 2.02. The fraction of sp³-hybridized carbons (Fsp3) is 0.294. The van der Waals surface area contributed by atoms with Crippen molar-refractivity contribution in [1.29, 1.82) is 0 Å². The largest absolute Gasteiger partial charge is 0.353 e. The number of hydrogen-bond donors (Lipinski definition) is 1. The molecule has 24 heavy (non-hydrogen) atoms. The van der Waals surface area contributed by atoms with Crippen molar-refractivity contribution in [2.75, 3.05) is 38.5 Å². The summed E-state index contributed by atoms with van der Waals surface area (Å²) in [5.41, 5.74) is 0.959. The molecule has 3 rings (SSSR count). The molecule has 1 saturated heterocycles. The molecule has 0 bridgehead atoms. The van der Waals surface area contributed by atoms with Crippen LogP contribution in [0.25, 0.3) is 0 Å². The molecule has 2 aromatic rings. The van der Waals surface area contributed by atoms with Crippen LogP contribution in [0.4, 0.5) is 20.2 Å². The van der Waals surface area contributed by atoms with Crippen LogP contribution in [0.2, 0.25) is 0 Å². The minimum absolute atomic E-state index is 0.139. The van der Waals surface area contributed by atoms with Gasteiger partial charge in [0.05, 0.1) is 5.69 Å². The van der Waals surface area contributed by atoms with E-state index in [1.807, 2.05) is 7.05 Å². The molecule has 126 valence electrons. The predicted octanol–water partition coefficient (Wildman–Crippen LogP) is 2.49. The summed E-state index contributed by atoms with van der Waals surface area (Å²) < 4.78 is 26.7. The van der Waals surface area contributed by atoms with Gasteiger partial charge in [-0.15, -0.1) is 0 Å². The quantitative estimate of drug-likeness (QED) is 0.938. The van der Waals surface area contributed by atoms with Gasteiger partial charge in [-0.3, -0.25) is 9.78 Å². The molecule has 1 N–H and O–H groups in total. The number of piperazine rings is 1. The number of pyridine rings is 1. The van der Waals surface area contributed by atoms with Crippen molar-refractivity contribution >= 4 is 17.3 Å². The highest BCUT2D eigenvalue weighted by Crippen LogP contribution is 2.21. The number of aromatic nitrogens is 1. The zero-order chi connectivity index (χ0) is 17.1. The van der Waals surface area contributed by atoms with Gasteiger partial charge in [-0.1, -0.05) is 0 Å². The summed E-state index contributed by atoms with van der Waals surface area (Å²) >= 11 is 0. The number of rotatable bonds is 3. The second kappa shape index (κ2) is 6.92. The third-order valence-corrected chi connectivity index (χ3v) is 3.98. The smallest absolute Gasteiger partial charge is 0.272 e. The second-order valence-electron chi connectivity index (χ2n) is 5.77. The van der Waals surface area contributed by atoms with Crippen LogP contribution in [0.3, 0.4) is 0 Å². The summed E-state index contributed by atoms with van der Waals surface area (Å²) in [5, 5.41) is 2.84. The van der Waals surface area contributed by atoms with Gasteiger partial charge >= 0.3 is 0 Å². The van der Waals surface area contributed by atoms with Crippen LogP contribution in [-0.2, 0) is 0 Å². The third-order valence-electron chi connectivity index (χ3n) is 3.98. The van der Waals surface area contributed by atoms with Gasteiger partial charge in [-0.2, -0.15) is 0 Å². The molecule has 1 fully saturated rings. The molecule has 0 spiro atoms. The molecule has 1 aromatic heterocycles. The first kappa shape index (κ1) is 16.3. The molecule has 0 radical (unpaired) electrons. The number of nitrogens with zero attached hydrogens (tertiary/aromatic N) is 3. The molecule has 5 nitrogen and oxygen atoms in total. The molecular weight excluding hydrogens is 314 g/mol. The predicted molar refractivity (Wildman–Crippen MR) is 87.3 cm³/mol. The molecule has 0 unspecified atom stereocenters. The van der Waals surface area contributed by atoms with E-state index in [4.69, 9.17) is 0 Å². The number of carbonyl (C=O) groups excluding carboxylic acids is 1. The van der Waals surface area contributed by atoms with Crippen molar-refractivity contribution in [2.45, 2.75) is 0 Å². The lowest BCUT2D eigenvalue weighted by atomic mass is 10.2. The summed E-state index contributed by atoms with van der Waals surface area (Å²) in [6, 6.07) is 6.49. The van der Waals surface area contributed by atoms with Gasteiger partial charge in [0.25, 0.3) is 5.91 Å². The van der Waals surface area contributed by atoms with E-state index in [2.05, 4.69) is 15.2 Å². The average Bonchev–Trinajstić information content (AvgIpc) is 2.58. The van der Waals surface area contributed by atoms with E-state index in [9.17, 15) is 13.6 Å². The van der Waals surface area contributed by atoms with E-state index in [-0.39, 0.29) is 11.6 Å². The number of carbonyl (C=O) groups is 1. The van der Waals surface area contributed by atoms with Crippen LogP contribution in [0.5, 0.6) is 0 Å². The zero-order valence-corrected chi connectivity index (χ0v) is 13.3. The summed E-state index contributed by atoms with van der Waals surface area (Å²) in [6.07, 6.45) is 1.49. The van der Waals surface area contributed by atoms with Gasteiger partial charge in [-0.05, 0) is 31.3 Å². The Morgan fingerprint density at radius 3 is 2.58 bits per heavy atom. The van der Waals surface area contributed by atoms with Crippen LogP contribution in [-0.4, -0.2) is 53.9 Å². The highest BCUT2D eigenvalue weighted by atomic mass is 19.1. The number of nitrogens with one attached hydrogen (secondary N) is 1. The fourth-order valence-electron chi connectivity index (χ4n) is 2.54. The molecule has 1 aliphatic rings. The van der Waals surface area contributed by atoms with Crippen molar-refractivity contribution in [2.24, 2.45) is 0 Å². The maximum absolute atomic E-state index is 13.7. The number of hydrogen-bond acceptors (Lipinski definition) is 4. The van der Waals surface area contributed by atoms with E-state index < -0.39 is 11.6 Å². The number of halogens is 2. The van der Waals surface area contributed by atoms with Crippen molar-refractivity contribution in [3.05, 3.63) is 53.9 Å². The van der Waals surface area contributed by atoms with Gasteiger partial charge in [0.15, 0.2) is 0 Å². The SMILES string of the molecule is CN1CCN(C(=O)c2cc(Nc3ccc(F)cc3F)ccn2)CC1. The number of amides is 1. The maximum Gasteiger partial charge on any atom is 0.272 e. The van der Waals surface area contributed by atoms with E-state index in [1.54, 1.807) is 17.0 Å². The Morgan fingerprint density at radius 2 is 1.88 bits per heavy atom. The molecule has 0 aliphatic carbocycles. The Bertz CT molecular complexity index is 745. The second-order valence-corrected chi connectivity index (χ2v) is 5.77. The Morgan fingerprint density at radius 1 is 1.12 bits per heavy atom. The molecule has 2 heterocycles. The molecule has 1 aliphatic heterocycles. The molecule has 1 aromatic carbocycles. The van der Waals surface area contributed by atoms with Gasteiger partial charge < -0.3 is 15.1 Å². The van der Waals surface area contributed by atoms with Gasteiger partial charge in [0, 0.05) is 44.1 Å². The standard InChI is InChI=1S/C17H18F2N4O/c1-22-6-8-23(9-7-22)17(24)16-11-13(4-5-20-16)21-15-3-2-12(18)10-14(15)19/h2-5,10-11H,6-9H2,1H3,(H,20,21).